The summed E-state index contributed by atoms with van der Waals surface area (Å²) in [5.74, 6) is -0.591. The van der Waals surface area contributed by atoms with E-state index in [1.807, 2.05) is 4.90 Å². The average molecular weight is 513 g/mol. The molecule has 0 saturated carbocycles. The SMILES string of the molecule is Cc1cccc(N2CCN(C(=O)C3CCN(S(=O)(=O)c4ccc5c(c4)oc(=O)n5C)CC3)C[C@H]2C)c1. The van der Waals surface area contributed by atoms with E-state index in [9.17, 15) is 18.0 Å². The zero-order valence-corrected chi connectivity index (χ0v) is 21.7. The van der Waals surface area contributed by atoms with Crippen LogP contribution in [0.1, 0.15) is 25.3 Å². The fourth-order valence-electron chi connectivity index (χ4n) is 5.37. The van der Waals surface area contributed by atoms with Gasteiger partial charge in [0.1, 0.15) is 0 Å². The van der Waals surface area contributed by atoms with Crippen LogP contribution in [0, 0.1) is 12.8 Å². The molecule has 1 amide bonds. The van der Waals surface area contributed by atoms with Gasteiger partial charge in [0.05, 0.1) is 10.4 Å². The molecule has 1 aromatic heterocycles. The van der Waals surface area contributed by atoms with Crippen LogP contribution in [0.3, 0.4) is 0 Å². The van der Waals surface area contributed by atoms with Crippen LogP contribution in [0.15, 0.2) is 56.6 Å². The van der Waals surface area contributed by atoms with Gasteiger partial charge in [0.15, 0.2) is 5.58 Å². The lowest BCUT2D eigenvalue weighted by Gasteiger charge is -2.43. The minimum atomic E-state index is -3.75. The Morgan fingerprint density at radius 3 is 2.47 bits per heavy atom. The van der Waals surface area contributed by atoms with Gasteiger partial charge in [-0.3, -0.25) is 9.36 Å². The largest absolute Gasteiger partial charge is 0.419 e. The molecule has 1 atom stereocenters. The fourth-order valence-corrected chi connectivity index (χ4v) is 6.86. The first-order chi connectivity index (χ1) is 17.1. The van der Waals surface area contributed by atoms with Crippen LogP contribution in [0.25, 0.3) is 11.1 Å². The molecule has 5 rings (SSSR count). The van der Waals surface area contributed by atoms with Crippen LogP contribution >= 0.6 is 0 Å². The van der Waals surface area contributed by atoms with Crippen LogP contribution in [0.4, 0.5) is 5.69 Å². The number of hydrogen-bond donors (Lipinski definition) is 0. The van der Waals surface area contributed by atoms with Gasteiger partial charge in [-0.1, -0.05) is 12.1 Å². The Bertz CT molecular complexity index is 1450. The number of piperazine rings is 1. The van der Waals surface area contributed by atoms with Gasteiger partial charge in [-0.2, -0.15) is 4.31 Å². The number of fused-ring (bicyclic) bond motifs is 1. The predicted molar refractivity (Wildman–Crippen MR) is 138 cm³/mol. The third-order valence-electron chi connectivity index (χ3n) is 7.48. The quantitative estimate of drug-likeness (QED) is 0.533. The molecule has 0 aliphatic carbocycles. The van der Waals surface area contributed by atoms with Crippen molar-refractivity contribution in [2.24, 2.45) is 13.0 Å². The zero-order chi connectivity index (χ0) is 25.6. The van der Waals surface area contributed by atoms with Crippen LogP contribution in [0.5, 0.6) is 0 Å². The van der Waals surface area contributed by atoms with Crippen molar-refractivity contribution in [3.05, 3.63) is 58.6 Å². The molecule has 2 fully saturated rings. The van der Waals surface area contributed by atoms with E-state index in [1.54, 1.807) is 13.1 Å². The summed E-state index contributed by atoms with van der Waals surface area (Å²) < 4.78 is 34.4. The van der Waals surface area contributed by atoms with Gasteiger partial charge in [-0.15, -0.1) is 0 Å². The van der Waals surface area contributed by atoms with E-state index in [0.29, 0.717) is 31.4 Å². The molecular weight excluding hydrogens is 480 g/mol. The monoisotopic (exact) mass is 512 g/mol. The second-order valence-electron chi connectivity index (χ2n) is 9.90. The van der Waals surface area contributed by atoms with Gasteiger partial charge in [0.25, 0.3) is 0 Å². The number of nitrogens with zero attached hydrogens (tertiary/aromatic N) is 4. The molecule has 3 heterocycles. The van der Waals surface area contributed by atoms with E-state index in [0.717, 1.165) is 6.54 Å². The Kier molecular flexibility index (Phi) is 6.42. The van der Waals surface area contributed by atoms with E-state index in [2.05, 4.69) is 43.0 Å². The number of amides is 1. The summed E-state index contributed by atoms with van der Waals surface area (Å²) in [6, 6.07) is 13.1. The summed E-state index contributed by atoms with van der Waals surface area (Å²) in [4.78, 5) is 29.4. The number of sulfonamides is 1. The Balaban J connectivity index is 1.21. The van der Waals surface area contributed by atoms with Crippen LogP contribution in [-0.4, -0.2) is 66.9 Å². The Labute approximate surface area is 210 Å². The summed E-state index contributed by atoms with van der Waals surface area (Å²) in [7, 11) is -2.17. The smallest absolute Gasteiger partial charge is 0.408 e. The standard InChI is InChI=1S/C26H32N4O5S/c1-18-5-4-6-21(15-18)30-14-13-28(17-19(30)2)25(31)20-9-11-29(12-10-20)36(33,34)22-7-8-23-24(16-22)35-26(32)27(23)3/h4-8,15-16,19-20H,9-14,17H2,1-3H3/t19-/m1/s1. The molecule has 2 aliphatic heterocycles. The second kappa shape index (κ2) is 9.40. The molecule has 36 heavy (non-hydrogen) atoms. The Morgan fingerprint density at radius 2 is 1.78 bits per heavy atom. The maximum absolute atomic E-state index is 13.3. The summed E-state index contributed by atoms with van der Waals surface area (Å²) in [5, 5.41) is 0. The third-order valence-corrected chi connectivity index (χ3v) is 9.37. The molecular formula is C26H32N4O5S. The summed E-state index contributed by atoms with van der Waals surface area (Å²) >= 11 is 0. The number of hydrogen-bond acceptors (Lipinski definition) is 6. The molecule has 2 aliphatic rings. The number of carbonyl (C=O) groups is 1. The third kappa shape index (κ3) is 4.43. The molecule has 0 bridgehead atoms. The highest BCUT2D eigenvalue weighted by Gasteiger charge is 2.36. The molecule has 9 nitrogen and oxygen atoms in total. The molecule has 0 radical (unpaired) electrons. The molecule has 3 aromatic rings. The molecule has 10 heteroatoms. The lowest BCUT2D eigenvalue weighted by molar-refractivity contribution is -0.137. The number of carbonyl (C=O) groups excluding carboxylic acids is 1. The van der Waals surface area contributed by atoms with E-state index in [-0.39, 0.29) is 41.4 Å². The highest BCUT2D eigenvalue weighted by atomic mass is 32.2. The topological polar surface area (TPSA) is 96.1 Å². The minimum absolute atomic E-state index is 0.0928. The maximum atomic E-state index is 13.3. The van der Waals surface area contributed by atoms with Crippen LogP contribution in [-0.2, 0) is 21.9 Å². The molecule has 2 saturated heterocycles. The first-order valence-electron chi connectivity index (χ1n) is 12.4. The summed E-state index contributed by atoms with van der Waals surface area (Å²) in [5.41, 5.74) is 3.18. The van der Waals surface area contributed by atoms with Gasteiger partial charge in [-0.25, -0.2) is 13.2 Å². The van der Waals surface area contributed by atoms with Crippen molar-refractivity contribution in [2.75, 3.05) is 37.6 Å². The van der Waals surface area contributed by atoms with Crippen molar-refractivity contribution in [2.45, 2.75) is 37.6 Å². The van der Waals surface area contributed by atoms with Crippen molar-refractivity contribution in [3.63, 3.8) is 0 Å². The number of oxazole rings is 1. The molecule has 0 N–H and O–H groups in total. The fraction of sp³-hybridized carbons (Fsp3) is 0.462. The second-order valence-corrected chi connectivity index (χ2v) is 11.8. The van der Waals surface area contributed by atoms with Gasteiger partial charge < -0.3 is 14.2 Å². The number of rotatable bonds is 4. The number of anilines is 1. The first-order valence-corrected chi connectivity index (χ1v) is 13.8. The van der Waals surface area contributed by atoms with Crippen molar-refractivity contribution in [3.8, 4) is 0 Å². The van der Waals surface area contributed by atoms with E-state index in [4.69, 9.17) is 4.42 Å². The lowest BCUT2D eigenvalue weighted by Crippen LogP contribution is -2.55. The first kappa shape index (κ1) is 24.6. The maximum Gasteiger partial charge on any atom is 0.419 e. The molecule has 192 valence electrons. The normalized spacial score (nSPS) is 20.2. The highest BCUT2D eigenvalue weighted by molar-refractivity contribution is 7.89. The summed E-state index contributed by atoms with van der Waals surface area (Å²) in [6.45, 7) is 6.90. The van der Waals surface area contributed by atoms with Crippen molar-refractivity contribution in [1.29, 1.82) is 0 Å². The number of aryl methyl sites for hydroxylation is 2. The predicted octanol–water partition coefficient (Wildman–Crippen LogP) is 2.58. The Hall–Kier alpha value is -3.11. The van der Waals surface area contributed by atoms with Crippen molar-refractivity contribution < 1.29 is 17.6 Å². The number of piperidine rings is 1. The van der Waals surface area contributed by atoms with E-state index < -0.39 is 15.8 Å². The number of aromatic nitrogens is 1. The van der Waals surface area contributed by atoms with Gasteiger partial charge in [-0.05, 0) is 56.5 Å². The lowest BCUT2D eigenvalue weighted by atomic mass is 9.95. The average Bonchev–Trinajstić information content (AvgIpc) is 3.16. The van der Waals surface area contributed by atoms with Gasteiger partial charge >= 0.3 is 5.76 Å². The van der Waals surface area contributed by atoms with Crippen LogP contribution in [0.2, 0.25) is 0 Å². The molecule has 0 spiro atoms. The van der Waals surface area contributed by atoms with E-state index in [1.165, 1.54) is 32.3 Å². The van der Waals surface area contributed by atoms with E-state index >= 15 is 0 Å². The van der Waals surface area contributed by atoms with Crippen molar-refractivity contribution in [1.82, 2.24) is 13.8 Å². The summed E-state index contributed by atoms with van der Waals surface area (Å²) in [6.07, 6.45) is 0.987. The Morgan fingerprint density at radius 1 is 1.03 bits per heavy atom. The molecule has 2 aromatic carbocycles. The minimum Gasteiger partial charge on any atom is -0.408 e. The zero-order valence-electron chi connectivity index (χ0n) is 20.9. The number of benzene rings is 2. The van der Waals surface area contributed by atoms with Crippen molar-refractivity contribution >= 4 is 32.7 Å². The van der Waals surface area contributed by atoms with Crippen LogP contribution < -0.4 is 10.7 Å². The highest BCUT2D eigenvalue weighted by Crippen LogP contribution is 2.28. The molecule has 0 unspecified atom stereocenters. The van der Waals surface area contributed by atoms with Gasteiger partial charge in [0.2, 0.25) is 15.9 Å². The van der Waals surface area contributed by atoms with Gasteiger partial charge in [0, 0.05) is 63.5 Å².